The summed E-state index contributed by atoms with van der Waals surface area (Å²) < 4.78 is 7.84. The Bertz CT molecular complexity index is 1010. The molecule has 0 aliphatic heterocycles. The molecule has 6 nitrogen and oxygen atoms in total. The molecule has 4 aliphatic rings. The topological polar surface area (TPSA) is 72.7 Å². The van der Waals surface area contributed by atoms with Crippen molar-refractivity contribution < 1.29 is 9.53 Å². The quantitative estimate of drug-likeness (QED) is 0.789. The summed E-state index contributed by atoms with van der Waals surface area (Å²) in [4.78, 5) is 29.3. The molecule has 1 N–H and O–H groups in total. The number of hydrogen-bond acceptors (Lipinski definition) is 4. The minimum Gasteiger partial charge on any atom is -0.373 e. The molecule has 29 heavy (non-hydrogen) atoms. The second kappa shape index (κ2) is 6.39. The average Bonchev–Trinajstić information content (AvgIpc) is 2.63. The van der Waals surface area contributed by atoms with Crippen LogP contribution in [0.15, 0.2) is 35.4 Å². The van der Waals surface area contributed by atoms with Gasteiger partial charge in [0.1, 0.15) is 11.2 Å². The molecule has 2 atom stereocenters. The van der Waals surface area contributed by atoms with E-state index in [0.717, 1.165) is 25.2 Å². The van der Waals surface area contributed by atoms with Crippen molar-refractivity contribution in [2.45, 2.75) is 58.0 Å². The minimum atomic E-state index is -0.395. The number of aromatic nitrogens is 2. The Kier molecular flexibility index (Phi) is 4.14. The van der Waals surface area contributed by atoms with E-state index in [4.69, 9.17) is 4.74 Å². The van der Waals surface area contributed by atoms with Crippen molar-refractivity contribution in [2.75, 3.05) is 13.2 Å². The SMILES string of the molecule is CC12CC3CC(C)(C1)CC(OCCNC(=O)c1cnc4ccccn4c1=O)(C3)C2. The highest BCUT2D eigenvalue weighted by atomic mass is 16.5. The van der Waals surface area contributed by atoms with Crippen LogP contribution >= 0.6 is 0 Å². The van der Waals surface area contributed by atoms with Crippen LogP contribution < -0.4 is 10.9 Å². The van der Waals surface area contributed by atoms with Crippen molar-refractivity contribution in [3.8, 4) is 0 Å². The van der Waals surface area contributed by atoms with Crippen LogP contribution in [0.1, 0.15) is 62.7 Å². The molecular weight excluding hydrogens is 366 g/mol. The Morgan fingerprint density at radius 3 is 2.69 bits per heavy atom. The number of nitrogens with one attached hydrogen (secondary N) is 1. The maximum atomic E-state index is 12.5. The Morgan fingerprint density at radius 2 is 1.97 bits per heavy atom. The molecule has 4 saturated carbocycles. The second-order valence-electron chi connectivity index (χ2n) is 10.3. The van der Waals surface area contributed by atoms with Gasteiger partial charge in [-0.1, -0.05) is 19.9 Å². The molecule has 4 fully saturated rings. The van der Waals surface area contributed by atoms with Crippen molar-refractivity contribution in [3.05, 3.63) is 46.5 Å². The lowest BCUT2D eigenvalue weighted by atomic mass is 9.43. The van der Waals surface area contributed by atoms with Gasteiger partial charge in [0.25, 0.3) is 11.5 Å². The largest absolute Gasteiger partial charge is 0.373 e. The minimum absolute atomic E-state index is 0.0301. The monoisotopic (exact) mass is 395 g/mol. The lowest BCUT2D eigenvalue weighted by molar-refractivity contribution is -0.213. The highest BCUT2D eigenvalue weighted by Crippen LogP contribution is 2.67. The Balaban J connectivity index is 1.22. The van der Waals surface area contributed by atoms with Crippen LogP contribution in [0.5, 0.6) is 0 Å². The van der Waals surface area contributed by atoms with Crippen molar-refractivity contribution >= 4 is 11.6 Å². The lowest BCUT2D eigenvalue weighted by Crippen LogP contribution is -2.59. The van der Waals surface area contributed by atoms with Crippen LogP contribution in [-0.4, -0.2) is 34.0 Å². The van der Waals surface area contributed by atoms with Gasteiger partial charge in [0, 0.05) is 18.9 Å². The van der Waals surface area contributed by atoms with Crippen LogP contribution in [-0.2, 0) is 4.74 Å². The molecule has 0 aromatic carbocycles. The van der Waals surface area contributed by atoms with E-state index < -0.39 is 5.91 Å². The zero-order valence-electron chi connectivity index (χ0n) is 17.2. The first-order valence-corrected chi connectivity index (χ1v) is 10.7. The third-order valence-electron chi connectivity index (χ3n) is 7.23. The molecule has 0 saturated heterocycles. The summed E-state index contributed by atoms with van der Waals surface area (Å²) in [6.07, 6.45) is 10.4. The standard InChI is InChI=1S/C23H29N3O3/c1-21-9-16-10-22(2,13-21)15-23(11-16,14-21)29-8-6-24-19(27)17-12-25-18-5-3-4-7-26(18)20(17)28/h3-5,7,12,16H,6,8-11,13-15H2,1-2H3,(H,24,27). The zero-order chi connectivity index (χ0) is 20.3. The van der Waals surface area contributed by atoms with Crippen LogP contribution in [0.4, 0.5) is 0 Å². The van der Waals surface area contributed by atoms with Crippen molar-refractivity contribution in [1.82, 2.24) is 14.7 Å². The van der Waals surface area contributed by atoms with Gasteiger partial charge in [0.2, 0.25) is 0 Å². The van der Waals surface area contributed by atoms with E-state index in [1.54, 1.807) is 18.3 Å². The van der Waals surface area contributed by atoms with Gasteiger partial charge >= 0.3 is 0 Å². The molecule has 1 amide bonds. The van der Waals surface area contributed by atoms with Crippen LogP contribution in [0.2, 0.25) is 0 Å². The van der Waals surface area contributed by atoms with E-state index in [9.17, 15) is 9.59 Å². The number of fused-ring (bicyclic) bond motifs is 1. The first-order valence-electron chi connectivity index (χ1n) is 10.7. The fourth-order valence-electron chi connectivity index (χ4n) is 7.21. The smallest absolute Gasteiger partial charge is 0.270 e. The summed E-state index contributed by atoms with van der Waals surface area (Å²) in [5.41, 5.74) is 1.02. The number of carbonyl (C=O) groups is 1. The van der Waals surface area contributed by atoms with Crippen LogP contribution in [0, 0.1) is 16.7 Å². The van der Waals surface area contributed by atoms with Crippen LogP contribution in [0.3, 0.4) is 0 Å². The van der Waals surface area contributed by atoms with Gasteiger partial charge in [-0.25, -0.2) is 4.98 Å². The normalized spacial score (nSPS) is 35.2. The Hall–Kier alpha value is -2.21. The van der Waals surface area contributed by atoms with Gasteiger partial charge in [-0.2, -0.15) is 0 Å². The summed E-state index contributed by atoms with van der Waals surface area (Å²) in [7, 11) is 0. The molecule has 0 spiro atoms. The predicted octanol–water partition coefficient (Wildman–Crippen LogP) is 3.19. The second-order valence-corrected chi connectivity index (χ2v) is 10.3. The number of rotatable bonds is 5. The summed E-state index contributed by atoms with van der Waals surface area (Å²) in [5, 5.41) is 2.84. The average molecular weight is 396 g/mol. The molecule has 4 aliphatic carbocycles. The van der Waals surface area contributed by atoms with Gasteiger partial charge in [0.05, 0.1) is 12.2 Å². The zero-order valence-corrected chi connectivity index (χ0v) is 17.2. The number of amides is 1. The van der Waals surface area contributed by atoms with Gasteiger partial charge in [-0.3, -0.25) is 14.0 Å². The molecule has 2 aromatic heterocycles. The molecule has 154 valence electrons. The number of pyridine rings is 1. The summed E-state index contributed by atoms with van der Waals surface area (Å²) in [6, 6.07) is 5.30. The van der Waals surface area contributed by atoms with E-state index in [1.807, 2.05) is 6.07 Å². The van der Waals surface area contributed by atoms with Gasteiger partial charge in [-0.15, -0.1) is 0 Å². The summed E-state index contributed by atoms with van der Waals surface area (Å²) in [6.45, 7) is 5.73. The third kappa shape index (κ3) is 3.27. The van der Waals surface area contributed by atoms with Crippen molar-refractivity contribution in [3.63, 3.8) is 0 Å². The highest BCUT2D eigenvalue weighted by Gasteiger charge is 2.60. The Labute approximate surface area is 170 Å². The predicted molar refractivity (Wildman–Crippen MR) is 110 cm³/mol. The van der Waals surface area contributed by atoms with Crippen molar-refractivity contribution in [2.24, 2.45) is 16.7 Å². The fraction of sp³-hybridized carbons (Fsp3) is 0.609. The molecule has 6 rings (SSSR count). The van der Waals surface area contributed by atoms with Crippen molar-refractivity contribution in [1.29, 1.82) is 0 Å². The number of ether oxygens (including phenoxy) is 1. The highest BCUT2D eigenvalue weighted by molar-refractivity contribution is 5.93. The molecule has 2 aromatic rings. The molecule has 2 heterocycles. The molecule has 6 heteroatoms. The van der Waals surface area contributed by atoms with Gasteiger partial charge < -0.3 is 10.1 Å². The van der Waals surface area contributed by atoms with E-state index in [2.05, 4.69) is 24.1 Å². The number of nitrogens with zero attached hydrogens (tertiary/aromatic N) is 2. The third-order valence-corrected chi connectivity index (χ3v) is 7.23. The van der Waals surface area contributed by atoms with Gasteiger partial charge in [-0.05, 0) is 67.4 Å². The van der Waals surface area contributed by atoms with E-state index in [-0.39, 0.29) is 16.7 Å². The van der Waals surface area contributed by atoms with E-state index in [1.165, 1.54) is 29.9 Å². The van der Waals surface area contributed by atoms with Gasteiger partial charge in [0.15, 0.2) is 0 Å². The summed E-state index contributed by atoms with van der Waals surface area (Å²) >= 11 is 0. The number of carbonyl (C=O) groups excluding carboxylic acids is 1. The molecular formula is C23H29N3O3. The Morgan fingerprint density at radius 1 is 1.21 bits per heavy atom. The maximum absolute atomic E-state index is 12.5. The number of hydrogen-bond donors (Lipinski definition) is 1. The summed E-state index contributed by atoms with van der Waals surface area (Å²) in [5.74, 6) is 0.383. The molecule has 0 radical (unpaired) electrons. The lowest BCUT2D eigenvalue weighted by Gasteiger charge is -2.65. The molecule has 2 unspecified atom stereocenters. The first-order chi connectivity index (χ1) is 13.8. The fourth-order valence-corrected chi connectivity index (χ4v) is 7.21. The first kappa shape index (κ1) is 18.8. The van der Waals surface area contributed by atoms with E-state index >= 15 is 0 Å². The van der Waals surface area contributed by atoms with E-state index in [0.29, 0.717) is 29.6 Å². The maximum Gasteiger partial charge on any atom is 0.270 e. The van der Waals surface area contributed by atoms with Crippen LogP contribution in [0.25, 0.3) is 5.65 Å². The molecule has 4 bridgehead atoms.